The number of hydrogen-bond donors (Lipinski definition) is 0. The number of anilines is 1. The average molecular weight is 347 g/mol. The molecule has 0 atom stereocenters. The minimum absolute atomic E-state index is 0.0438. The fraction of sp³-hybridized carbons (Fsp3) is 0.650. The van der Waals surface area contributed by atoms with Crippen LogP contribution in [0.15, 0.2) is 24.3 Å². The van der Waals surface area contributed by atoms with E-state index in [0.717, 1.165) is 56.5 Å². The number of halogens is 2. The Hall–Kier alpha value is -1.49. The molecule has 25 heavy (non-hydrogen) atoms. The van der Waals surface area contributed by atoms with Crippen molar-refractivity contribution in [2.75, 3.05) is 18.1 Å². The quantitative estimate of drug-likeness (QED) is 0.749. The summed E-state index contributed by atoms with van der Waals surface area (Å²) in [7, 11) is 0. The van der Waals surface area contributed by atoms with E-state index in [4.69, 9.17) is 4.74 Å². The van der Waals surface area contributed by atoms with E-state index in [-0.39, 0.29) is 35.7 Å². The zero-order chi connectivity index (χ0) is 17.3. The Kier molecular flexibility index (Phi) is 3.17. The number of hydrogen-bond acceptors (Lipinski definition) is 2. The number of carbonyl (C=O) groups is 1. The summed E-state index contributed by atoms with van der Waals surface area (Å²) < 4.78 is 31.7. The monoisotopic (exact) mass is 347 g/mol. The van der Waals surface area contributed by atoms with Gasteiger partial charge in [-0.25, -0.2) is 8.78 Å². The average Bonchev–Trinajstić information content (AvgIpc) is 3.27. The molecular weight excluding hydrogens is 324 g/mol. The van der Waals surface area contributed by atoms with E-state index in [2.05, 4.69) is 0 Å². The molecule has 1 amide bonds. The van der Waals surface area contributed by atoms with Crippen LogP contribution in [0, 0.1) is 5.41 Å². The van der Waals surface area contributed by atoms with Crippen molar-refractivity contribution in [3.63, 3.8) is 0 Å². The number of amides is 1. The van der Waals surface area contributed by atoms with E-state index in [1.807, 2.05) is 29.2 Å². The maximum absolute atomic E-state index is 13.1. The van der Waals surface area contributed by atoms with Crippen molar-refractivity contribution >= 4 is 11.6 Å². The SMILES string of the molecule is O=C1N(c2ccc(C3CC(F)(F)C3)cc2)CCC12CCC1(CC2)CO1. The van der Waals surface area contributed by atoms with Gasteiger partial charge in [0, 0.05) is 25.1 Å². The van der Waals surface area contributed by atoms with Crippen LogP contribution in [0.25, 0.3) is 0 Å². The summed E-state index contributed by atoms with van der Waals surface area (Å²) in [5, 5.41) is 0. The molecule has 4 fully saturated rings. The van der Waals surface area contributed by atoms with E-state index in [1.54, 1.807) is 0 Å². The predicted octanol–water partition coefficient (Wildman–Crippen LogP) is 4.27. The van der Waals surface area contributed by atoms with Crippen molar-refractivity contribution in [1.29, 1.82) is 0 Å². The van der Waals surface area contributed by atoms with Gasteiger partial charge in [-0.1, -0.05) is 12.1 Å². The third-order valence-electron chi connectivity index (χ3n) is 6.95. The van der Waals surface area contributed by atoms with Crippen molar-refractivity contribution in [1.82, 2.24) is 0 Å². The molecule has 1 aromatic rings. The van der Waals surface area contributed by atoms with Gasteiger partial charge in [0.25, 0.3) is 0 Å². The summed E-state index contributed by atoms with van der Waals surface area (Å²) in [5.74, 6) is -2.30. The molecule has 0 radical (unpaired) electrons. The molecule has 2 saturated heterocycles. The van der Waals surface area contributed by atoms with Gasteiger partial charge in [-0.2, -0.15) is 0 Å². The van der Waals surface area contributed by atoms with Gasteiger partial charge in [0.2, 0.25) is 11.8 Å². The molecule has 4 aliphatic rings. The molecule has 0 unspecified atom stereocenters. The molecule has 3 nitrogen and oxygen atoms in total. The van der Waals surface area contributed by atoms with Crippen LogP contribution in [0.1, 0.15) is 56.4 Å². The second kappa shape index (κ2) is 5.03. The molecule has 0 bridgehead atoms. The third kappa shape index (κ3) is 2.50. The van der Waals surface area contributed by atoms with E-state index in [9.17, 15) is 13.6 Å². The van der Waals surface area contributed by atoms with E-state index in [0.29, 0.717) is 0 Å². The Morgan fingerprint density at radius 1 is 1.00 bits per heavy atom. The molecule has 2 heterocycles. The summed E-state index contributed by atoms with van der Waals surface area (Å²) in [5.41, 5.74) is 1.76. The number of rotatable bonds is 2. The van der Waals surface area contributed by atoms with Crippen LogP contribution in [0.5, 0.6) is 0 Å². The third-order valence-corrected chi connectivity index (χ3v) is 6.95. The Morgan fingerprint density at radius 2 is 1.64 bits per heavy atom. The Morgan fingerprint density at radius 3 is 2.20 bits per heavy atom. The summed E-state index contributed by atoms with van der Waals surface area (Å²) in [6, 6.07) is 7.69. The van der Waals surface area contributed by atoms with Crippen molar-refractivity contribution in [2.24, 2.45) is 5.41 Å². The lowest BCUT2D eigenvalue weighted by molar-refractivity contribution is -0.127. The van der Waals surface area contributed by atoms with E-state index >= 15 is 0 Å². The van der Waals surface area contributed by atoms with Gasteiger partial charge in [-0.3, -0.25) is 4.79 Å². The van der Waals surface area contributed by atoms with Gasteiger partial charge in [-0.15, -0.1) is 0 Å². The van der Waals surface area contributed by atoms with Gasteiger partial charge >= 0.3 is 0 Å². The summed E-state index contributed by atoms with van der Waals surface area (Å²) in [6.07, 6.45) is 4.67. The number of epoxide rings is 1. The highest BCUT2D eigenvalue weighted by Crippen LogP contribution is 2.53. The highest BCUT2D eigenvalue weighted by molar-refractivity contribution is 6.00. The highest BCUT2D eigenvalue weighted by atomic mass is 19.3. The fourth-order valence-electron chi connectivity index (χ4n) is 4.93. The topological polar surface area (TPSA) is 32.8 Å². The van der Waals surface area contributed by atoms with E-state index in [1.165, 1.54) is 0 Å². The van der Waals surface area contributed by atoms with Crippen LogP contribution in [0.2, 0.25) is 0 Å². The zero-order valence-corrected chi connectivity index (χ0v) is 14.3. The molecule has 5 rings (SSSR count). The lowest BCUT2D eigenvalue weighted by Crippen LogP contribution is -2.39. The normalized spacial score (nSPS) is 29.2. The lowest BCUT2D eigenvalue weighted by Gasteiger charge is -2.35. The van der Waals surface area contributed by atoms with Gasteiger partial charge in [0.05, 0.1) is 17.6 Å². The first-order chi connectivity index (χ1) is 11.9. The van der Waals surface area contributed by atoms with Gasteiger partial charge in [-0.05, 0) is 55.7 Å². The Bertz CT molecular complexity index is 693. The lowest BCUT2D eigenvalue weighted by atomic mass is 9.69. The summed E-state index contributed by atoms with van der Waals surface area (Å²) in [6.45, 7) is 1.62. The molecule has 0 N–H and O–H groups in total. The maximum atomic E-state index is 13.1. The second-order valence-electron chi connectivity index (χ2n) is 8.51. The van der Waals surface area contributed by atoms with Crippen LogP contribution in [-0.2, 0) is 9.53 Å². The van der Waals surface area contributed by atoms with Crippen molar-refractivity contribution in [3.8, 4) is 0 Å². The fourth-order valence-corrected chi connectivity index (χ4v) is 4.93. The van der Waals surface area contributed by atoms with Crippen LogP contribution in [0.4, 0.5) is 14.5 Å². The van der Waals surface area contributed by atoms with Crippen LogP contribution in [0.3, 0.4) is 0 Å². The number of nitrogens with zero attached hydrogens (tertiary/aromatic N) is 1. The number of carbonyl (C=O) groups excluding carboxylic acids is 1. The Balaban J connectivity index is 1.28. The van der Waals surface area contributed by atoms with Gasteiger partial charge in [0.15, 0.2) is 0 Å². The van der Waals surface area contributed by atoms with Gasteiger partial charge < -0.3 is 9.64 Å². The molecule has 5 heteroatoms. The number of alkyl halides is 2. The molecular formula is C20H23F2NO2. The van der Waals surface area contributed by atoms with Crippen LogP contribution >= 0.6 is 0 Å². The second-order valence-corrected chi connectivity index (χ2v) is 8.51. The van der Waals surface area contributed by atoms with Crippen molar-refractivity contribution < 1.29 is 18.3 Å². The maximum Gasteiger partial charge on any atom is 0.249 e. The molecule has 1 aromatic carbocycles. The van der Waals surface area contributed by atoms with Gasteiger partial charge in [0.1, 0.15) is 0 Å². The highest BCUT2D eigenvalue weighted by Gasteiger charge is 2.56. The smallest absolute Gasteiger partial charge is 0.249 e. The molecule has 0 aromatic heterocycles. The molecule has 2 aliphatic carbocycles. The number of benzene rings is 1. The largest absolute Gasteiger partial charge is 0.370 e. The first-order valence-electron chi connectivity index (χ1n) is 9.34. The van der Waals surface area contributed by atoms with Crippen LogP contribution < -0.4 is 4.90 Å². The summed E-state index contributed by atoms with van der Waals surface area (Å²) in [4.78, 5) is 15.0. The minimum Gasteiger partial charge on any atom is -0.370 e. The molecule has 2 spiro atoms. The van der Waals surface area contributed by atoms with Crippen LogP contribution in [-0.4, -0.2) is 30.6 Å². The first kappa shape index (κ1) is 15.7. The summed E-state index contributed by atoms with van der Waals surface area (Å²) >= 11 is 0. The molecule has 2 aliphatic heterocycles. The predicted molar refractivity (Wildman–Crippen MR) is 89.9 cm³/mol. The van der Waals surface area contributed by atoms with Crippen molar-refractivity contribution in [3.05, 3.63) is 29.8 Å². The standard InChI is InChI=1S/C20H23F2NO2/c21-20(22)11-15(12-20)14-1-3-16(4-2-14)23-10-9-18(17(23)24)5-7-19(8-6-18)13-25-19/h1-4,15H,5-13H2. The Labute approximate surface area is 146 Å². The molecule has 134 valence electrons. The zero-order valence-electron chi connectivity index (χ0n) is 14.3. The van der Waals surface area contributed by atoms with E-state index < -0.39 is 5.92 Å². The molecule has 2 saturated carbocycles. The first-order valence-corrected chi connectivity index (χ1v) is 9.34. The number of ether oxygens (including phenoxy) is 1. The van der Waals surface area contributed by atoms with Crippen molar-refractivity contribution in [2.45, 2.75) is 62.4 Å². The minimum atomic E-state index is -2.50.